The number of benzene rings is 2. The van der Waals surface area contributed by atoms with Gasteiger partial charge in [-0.1, -0.05) is 42.5 Å². The number of hydrogen-bond acceptors (Lipinski definition) is 4. The third kappa shape index (κ3) is 3.22. The Hall–Kier alpha value is -2.72. The van der Waals surface area contributed by atoms with Gasteiger partial charge in [-0.3, -0.25) is 9.78 Å². The van der Waals surface area contributed by atoms with Gasteiger partial charge in [0.1, 0.15) is 6.04 Å². The van der Waals surface area contributed by atoms with Gasteiger partial charge < -0.3 is 10.5 Å². The van der Waals surface area contributed by atoms with Crippen LogP contribution in [0, 0.1) is 0 Å². The molecule has 0 amide bonds. The first-order chi connectivity index (χ1) is 11.2. The number of methoxy groups -OCH3 is 1. The Labute approximate surface area is 134 Å². The summed E-state index contributed by atoms with van der Waals surface area (Å²) in [5, 5.41) is 1.12. The second kappa shape index (κ2) is 6.58. The number of carbonyl (C=O) groups is 1. The molecule has 23 heavy (non-hydrogen) atoms. The molecule has 4 nitrogen and oxygen atoms in total. The molecule has 0 saturated heterocycles. The highest BCUT2D eigenvalue weighted by molar-refractivity contribution is 5.94. The van der Waals surface area contributed by atoms with Crippen molar-refractivity contribution in [2.45, 2.75) is 12.5 Å². The van der Waals surface area contributed by atoms with Crippen molar-refractivity contribution in [3.05, 3.63) is 66.4 Å². The van der Waals surface area contributed by atoms with Crippen molar-refractivity contribution in [1.29, 1.82) is 0 Å². The van der Waals surface area contributed by atoms with Crippen LogP contribution in [0.2, 0.25) is 0 Å². The van der Waals surface area contributed by atoms with Gasteiger partial charge in [-0.2, -0.15) is 0 Å². The van der Waals surface area contributed by atoms with Crippen LogP contribution in [-0.2, 0) is 16.0 Å². The molecule has 3 aromatic rings. The Morgan fingerprint density at radius 3 is 2.61 bits per heavy atom. The molecule has 0 aliphatic heterocycles. The van der Waals surface area contributed by atoms with Crippen LogP contribution in [-0.4, -0.2) is 24.1 Å². The van der Waals surface area contributed by atoms with Gasteiger partial charge in [0.2, 0.25) is 0 Å². The van der Waals surface area contributed by atoms with Crippen LogP contribution in [0.5, 0.6) is 0 Å². The Balaban J connectivity index is 1.88. The molecule has 0 bridgehead atoms. The van der Waals surface area contributed by atoms with Crippen LogP contribution in [0.15, 0.2) is 60.8 Å². The van der Waals surface area contributed by atoms with Gasteiger partial charge in [0, 0.05) is 11.6 Å². The van der Waals surface area contributed by atoms with Gasteiger partial charge in [0.15, 0.2) is 0 Å². The molecule has 1 unspecified atom stereocenters. The van der Waals surface area contributed by atoms with Crippen LogP contribution < -0.4 is 5.73 Å². The number of fused-ring (bicyclic) bond motifs is 1. The Kier molecular flexibility index (Phi) is 4.35. The zero-order valence-electron chi connectivity index (χ0n) is 12.9. The predicted octanol–water partition coefficient (Wildman–Crippen LogP) is 2.94. The summed E-state index contributed by atoms with van der Waals surface area (Å²) in [6.07, 6.45) is 2.28. The summed E-state index contributed by atoms with van der Waals surface area (Å²) in [6.45, 7) is 0. The fraction of sp³-hybridized carbons (Fsp3) is 0.158. The molecule has 0 fully saturated rings. The molecule has 2 N–H and O–H groups in total. The minimum atomic E-state index is -0.632. The minimum Gasteiger partial charge on any atom is -0.468 e. The number of carbonyl (C=O) groups excluding carboxylic acids is 1. The lowest BCUT2D eigenvalue weighted by atomic mass is 9.98. The van der Waals surface area contributed by atoms with Crippen LogP contribution in [0.25, 0.3) is 22.0 Å². The fourth-order valence-corrected chi connectivity index (χ4v) is 2.66. The van der Waals surface area contributed by atoms with Crippen molar-refractivity contribution in [1.82, 2.24) is 4.98 Å². The van der Waals surface area contributed by atoms with E-state index in [2.05, 4.69) is 15.8 Å². The highest BCUT2D eigenvalue weighted by Gasteiger charge is 2.14. The van der Waals surface area contributed by atoms with E-state index in [1.807, 2.05) is 54.7 Å². The van der Waals surface area contributed by atoms with E-state index in [1.54, 1.807) is 0 Å². The van der Waals surface area contributed by atoms with E-state index in [4.69, 9.17) is 5.73 Å². The van der Waals surface area contributed by atoms with E-state index < -0.39 is 12.0 Å². The third-order valence-corrected chi connectivity index (χ3v) is 3.87. The molecule has 0 aliphatic rings. The number of para-hydroxylation sites is 1. The quantitative estimate of drug-likeness (QED) is 0.753. The highest BCUT2D eigenvalue weighted by atomic mass is 16.5. The van der Waals surface area contributed by atoms with E-state index in [-0.39, 0.29) is 0 Å². The summed E-state index contributed by atoms with van der Waals surface area (Å²) in [5.41, 5.74) is 10.0. The molecule has 0 spiro atoms. The zero-order chi connectivity index (χ0) is 16.2. The van der Waals surface area contributed by atoms with E-state index in [0.29, 0.717) is 6.42 Å². The van der Waals surface area contributed by atoms with Crippen LogP contribution in [0.1, 0.15) is 5.56 Å². The number of ether oxygens (including phenoxy) is 1. The second-order valence-corrected chi connectivity index (χ2v) is 5.41. The Morgan fingerprint density at radius 2 is 1.87 bits per heavy atom. The van der Waals surface area contributed by atoms with Crippen molar-refractivity contribution >= 4 is 16.9 Å². The monoisotopic (exact) mass is 306 g/mol. The van der Waals surface area contributed by atoms with Crippen molar-refractivity contribution < 1.29 is 9.53 Å². The van der Waals surface area contributed by atoms with E-state index in [0.717, 1.165) is 27.6 Å². The number of hydrogen-bond donors (Lipinski definition) is 1. The minimum absolute atomic E-state index is 0.394. The summed E-state index contributed by atoms with van der Waals surface area (Å²) in [7, 11) is 1.35. The first-order valence-corrected chi connectivity index (χ1v) is 7.45. The third-order valence-electron chi connectivity index (χ3n) is 3.87. The van der Waals surface area contributed by atoms with Crippen molar-refractivity contribution in [3.63, 3.8) is 0 Å². The maximum Gasteiger partial charge on any atom is 0.322 e. The molecule has 3 rings (SSSR count). The summed E-state index contributed by atoms with van der Waals surface area (Å²) in [4.78, 5) is 15.8. The summed E-state index contributed by atoms with van der Waals surface area (Å²) < 4.78 is 4.65. The van der Waals surface area contributed by atoms with E-state index in [9.17, 15) is 4.79 Å². The first-order valence-electron chi connectivity index (χ1n) is 7.45. The SMILES string of the molecule is COC(=O)C(N)Cc1ccc(-c2ccnc3ccccc23)cc1. The zero-order valence-corrected chi connectivity index (χ0v) is 12.9. The van der Waals surface area contributed by atoms with Gasteiger partial charge in [-0.15, -0.1) is 0 Å². The summed E-state index contributed by atoms with van der Waals surface area (Å²) in [5.74, 6) is -0.394. The number of aromatic nitrogens is 1. The van der Waals surface area contributed by atoms with Crippen LogP contribution in [0.4, 0.5) is 0 Å². The highest BCUT2D eigenvalue weighted by Crippen LogP contribution is 2.27. The number of rotatable bonds is 4. The number of nitrogens with two attached hydrogens (primary N) is 1. The number of nitrogens with zero attached hydrogens (tertiary/aromatic N) is 1. The molecule has 4 heteroatoms. The van der Waals surface area contributed by atoms with Gasteiger partial charge in [-0.25, -0.2) is 0 Å². The smallest absolute Gasteiger partial charge is 0.322 e. The second-order valence-electron chi connectivity index (χ2n) is 5.41. The fourth-order valence-electron chi connectivity index (χ4n) is 2.66. The van der Waals surface area contributed by atoms with Gasteiger partial charge >= 0.3 is 5.97 Å². The summed E-state index contributed by atoms with van der Waals surface area (Å²) >= 11 is 0. The summed E-state index contributed by atoms with van der Waals surface area (Å²) in [6, 6.07) is 17.5. The van der Waals surface area contributed by atoms with Crippen LogP contribution in [0.3, 0.4) is 0 Å². The molecule has 2 aromatic carbocycles. The normalized spacial score (nSPS) is 12.1. The Bertz CT molecular complexity index is 823. The Morgan fingerprint density at radius 1 is 1.13 bits per heavy atom. The van der Waals surface area contributed by atoms with Gasteiger partial charge in [0.25, 0.3) is 0 Å². The molecule has 1 heterocycles. The van der Waals surface area contributed by atoms with Crippen molar-refractivity contribution in [3.8, 4) is 11.1 Å². The predicted molar refractivity (Wildman–Crippen MR) is 90.9 cm³/mol. The molecular weight excluding hydrogens is 288 g/mol. The van der Waals surface area contributed by atoms with Crippen molar-refractivity contribution in [2.75, 3.05) is 7.11 Å². The lowest BCUT2D eigenvalue weighted by Gasteiger charge is -2.10. The molecule has 0 radical (unpaired) electrons. The van der Waals surface area contributed by atoms with Gasteiger partial charge in [0.05, 0.1) is 12.6 Å². The lowest BCUT2D eigenvalue weighted by molar-refractivity contribution is -0.142. The molecule has 1 aromatic heterocycles. The molecular formula is C19H18N2O2. The lowest BCUT2D eigenvalue weighted by Crippen LogP contribution is -2.33. The topological polar surface area (TPSA) is 65.2 Å². The molecule has 0 aliphatic carbocycles. The van der Waals surface area contributed by atoms with E-state index >= 15 is 0 Å². The number of pyridine rings is 1. The standard InChI is InChI=1S/C19H18N2O2/c1-23-19(22)17(20)12-13-6-8-14(9-7-13)15-10-11-21-18-5-3-2-4-16(15)18/h2-11,17H,12,20H2,1H3. The van der Waals surface area contributed by atoms with Crippen molar-refractivity contribution in [2.24, 2.45) is 5.73 Å². The largest absolute Gasteiger partial charge is 0.468 e. The van der Waals surface area contributed by atoms with Crippen LogP contribution >= 0.6 is 0 Å². The number of esters is 1. The average molecular weight is 306 g/mol. The maximum absolute atomic E-state index is 11.4. The molecule has 1 atom stereocenters. The molecule has 0 saturated carbocycles. The molecule has 116 valence electrons. The maximum atomic E-state index is 11.4. The van der Waals surface area contributed by atoms with Gasteiger partial charge in [-0.05, 0) is 35.2 Å². The average Bonchev–Trinajstić information content (AvgIpc) is 2.61. The van der Waals surface area contributed by atoms with E-state index in [1.165, 1.54) is 7.11 Å². The first kappa shape index (κ1) is 15.2.